The van der Waals surface area contributed by atoms with E-state index in [0.29, 0.717) is 54.6 Å². The summed E-state index contributed by atoms with van der Waals surface area (Å²) in [4.78, 5) is 32.2. The molecule has 0 saturated heterocycles. The molecule has 1 aliphatic carbocycles. The Hall–Kier alpha value is -2.63. The van der Waals surface area contributed by atoms with Gasteiger partial charge < -0.3 is 14.5 Å². The second-order valence-corrected chi connectivity index (χ2v) is 10.9. The molecule has 0 bridgehead atoms. The highest BCUT2D eigenvalue weighted by molar-refractivity contribution is 6.31. The van der Waals surface area contributed by atoms with E-state index < -0.39 is 11.9 Å². The quantitative estimate of drug-likeness (QED) is 0.510. The van der Waals surface area contributed by atoms with Crippen molar-refractivity contribution in [1.82, 2.24) is 19.6 Å². The molecule has 2 aromatic rings. The number of amides is 2. The average Bonchev–Trinajstić information content (AvgIpc) is 3.62. The Labute approximate surface area is 231 Å². The molecule has 39 heavy (non-hydrogen) atoms. The molecule has 2 aliphatic rings. The summed E-state index contributed by atoms with van der Waals surface area (Å²) in [5, 5.41) is 4.22. The number of nitrogens with zero attached hydrogens (tertiary/aromatic N) is 5. The summed E-state index contributed by atoms with van der Waals surface area (Å²) in [6, 6.07) is 6.46. The first-order valence-corrected chi connectivity index (χ1v) is 13.6. The van der Waals surface area contributed by atoms with Crippen LogP contribution in [0.1, 0.15) is 56.0 Å². The number of hydrogen-bond acceptors (Lipinski definition) is 5. The van der Waals surface area contributed by atoms with Gasteiger partial charge in [-0.15, -0.1) is 0 Å². The van der Waals surface area contributed by atoms with E-state index in [9.17, 15) is 22.8 Å². The van der Waals surface area contributed by atoms with Crippen LogP contribution in [0, 0.1) is 0 Å². The van der Waals surface area contributed by atoms with Gasteiger partial charge in [-0.05, 0) is 56.9 Å². The Morgan fingerprint density at radius 2 is 1.85 bits per heavy atom. The second kappa shape index (κ2) is 12.3. The molecule has 0 N–H and O–H groups in total. The Balaban J connectivity index is 1.67. The van der Waals surface area contributed by atoms with Gasteiger partial charge in [-0.3, -0.25) is 19.2 Å². The molecule has 0 unspecified atom stereocenters. The van der Waals surface area contributed by atoms with Crippen molar-refractivity contribution >= 4 is 29.1 Å². The van der Waals surface area contributed by atoms with E-state index in [1.165, 1.54) is 11.8 Å². The van der Waals surface area contributed by atoms with Crippen LogP contribution in [0.15, 0.2) is 24.3 Å². The first kappa shape index (κ1) is 29.4. The van der Waals surface area contributed by atoms with Crippen LogP contribution in [-0.2, 0) is 33.6 Å². The fourth-order valence-electron chi connectivity index (χ4n) is 4.94. The zero-order valence-corrected chi connectivity index (χ0v) is 23.3. The van der Waals surface area contributed by atoms with E-state index in [2.05, 4.69) is 23.8 Å². The molecule has 0 radical (unpaired) electrons. The Morgan fingerprint density at radius 3 is 2.49 bits per heavy atom. The number of ether oxygens (including phenoxy) is 1. The predicted molar refractivity (Wildman–Crippen MR) is 142 cm³/mol. The molecule has 214 valence electrons. The Morgan fingerprint density at radius 1 is 1.10 bits per heavy atom. The highest BCUT2D eigenvalue weighted by Crippen LogP contribution is 2.42. The lowest BCUT2D eigenvalue weighted by Crippen LogP contribution is -2.42. The number of carbonyl (C=O) groups is 2. The molecule has 0 spiro atoms. The summed E-state index contributed by atoms with van der Waals surface area (Å²) in [5.74, 6) is -0.574. The largest absolute Gasteiger partial charge is 0.435 e. The Bertz CT molecular complexity index is 1180. The minimum Gasteiger partial charge on any atom is -0.375 e. The lowest BCUT2D eigenvalue weighted by molar-refractivity contribution is -0.142. The molecule has 4 rings (SSSR count). The molecule has 0 atom stereocenters. The lowest BCUT2D eigenvalue weighted by Gasteiger charge is -2.30. The standard InChI is InChI=1S/C27H35ClF3N5O3/c1-18(2)33-9-4-10-35(26(38)17-39-3)22-13-21(28)8-7-20(22)15-34(12-11-33)25(37)16-36-23(19-5-6-19)14-24(32-36)27(29,30)31/h7-8,13-14,18-19H,4-6,9-12,15-17H2,1-3H3. The topological polar surface area (TPSA) is 70.9 Å². The average molecular weight is 570 g/mol. The summed E-state index contributed by atoms with van der Waals surface area (Å²) in [6.45, 7) is 6.01. The summed E-state index contributed by atoms with van der Waals surface area (Å²) >= 11 is 6.32. The summed E-state index contributed by atoms with van der Waals surface area (Å²) in [6.07, 6.45) is -2.32. The van der Waals surface area contributed by atoms with Crippen LogP contribution in [0.4, 0.5) is 18.9 Å². The number of aromatic nitrogens is 2. The molecule has 2 heterocycles. The van der Waals surface area contributed by atoms with Crippen LogP contribution < -0.4 is 4.90 Å². The van der Waals surface area contributed by atoms with Gasteiger partial charge in [-0.25, -0.2) is 0 Å². The first-order chi connectivity index (χ1) is 18.5. The summed E-state index contributed by atoms with van der Waals surface area (Å²) in [5.41, 5.74) is 0.778. The van der Waals surface area contributed by atoms with Crippen molar-refractivity contribution < 1.29 is 27.5 Å². The van der Waals surface area contributed by atoms with E-state index in [-0.39, 0.29) is 43.5 Å². The van der Waals surface area contributed by atoms with E-state index in [1.807, 2.05) is 0 Å². The summed E-state index contributed by atoms with van der Waals surface area (Å²) < 4.78 is 46.6. The van der Waals surface area contributed by atoms with Crippen molar-refractivity contribution in [2.24, 2.45) is 0 Å². The molecule has 2 amide bonds. The number of rotatable bonds is 6. The van der Waals surface area contributed by atoms with Crippen LogP contribution in [-0.4, -0.2) is 77.3 Å². The van der Waals surface area contributed by atoms with Crippen LogP contribution in [0.5, 0.6) is 0 Å². The van der Waals surface area contributed by atoms with E-state index in [4.69, 9.17) is 16.3 Å². The van der Waals surface area contributed by atoms with Gasteiger partial charge in [0, 0.05) is 62.5 Å². The van der Waals surface area contributed by atoms with Crippen LogP contribution >= 0.6 is 11.6 Å². The van der Waals surface area contributed by atoms with Gasteiger partial charge >= 0.3 is 6.18 Å². The molecule has 12 heteroatoms. The van der Waals surface area contributed by atoms with Gasteiger partial charge in [0.25, 0.3) is 5.91 Å². The van der Waals surface area contributed by atoms with Gasteiger partial charge in [-0.1, -0.05) is 17.7 Å². The van der Waals surface area contributed by atoms with E-state index >= 15 is 0 Å². The van der Waals surface area contributed by atoms with E-state index in [1.54, 1.807) is 28.0 Å². The fourth-order valence-corrected chi connectivity index (χ4v) is 5.11. The molecular weight excluding hydrogens is 535 g/mol. The molecule has 1 saturated carbocycles. The number of anilines is 1. The van der Waals surface area contributed by atoms with Crippen LogP contribution in [0.3, 0.4) is 0 Å². The van der Waals surface area contributed by atoms with Gasteiger partial charge in [-0.2, -0.15) is 18.3 Å². The number of halogens is 4. The number of benzene rings is 1. The maximum absolute atomic E-state index is 13.7. The zero-order valence-electron chi connectivity index (χ0n) is 22.5. The SMILES string of the molecule is COCC(=O)N1CCCN(C(C)C)CCN(C(=O)Cn2nc(C(F)(F)F)cc2C2CC2)Cc2ccc(Cl)cc21. The van der Waals surface area contributed by atoms with Gasteiger partial charge in [0.05, 0.1) is 5.69 Å². The fraction of sp³-hybridized carbons (Fsp3) is 0.593. The van der Waals surface area contributed by atoms with Crippen molar-refractivity contribution in [3.8, 4) is 0 Å². The second-order valence-electron chi connectivity index (χ2n) is 10.4. The van der Waals surface area contributed by atoms with E-state index in [0.717, 1.165) is 18.9 Å². The molecule has 1 aromatic heterocycles. The molecular formula is C27H35ClF3N5O3. The third kappa shape index (κ3) is 7.32. The molecule has 1 aliphatic heterocycles. The van der Waals surface area contributed by atoms with Crippen LogP contribution in [0.25, 0.3) is 0 Å². The Kier molecular flexibility index (Phi) is 9.23. The number of alkyl halides is 3. The van der Waals surface area contributed by atoms with Crippen molar-refractivity contribution in [2.45, 2.75) is 64.3 Å². The third-order valence-corrected chi connectivity index (χ3v) is 7.45. The minimum absolute atomic E-state index is 0.0105. The highest BCUT2D eigenvalue weighted by atomic mass is 35.5. The number of carbonyl (C=O) groups excluding carboxylic acids is 2. The number of hydrogen-bond donors (Lipinski definition) is 0. The van der Waals surface area contributed by atoms with Gasteiger partial charge in [0.15, 0.2) is 5.69 Å². The number of methoxy groups -OCH3 is 1. The van der Waals surface area contributed by atoms with Gasteiger partial charge in [0.2, 0.25) is 5.91 Å². The van der Waals surface area contributed by atoms with Crippen molar-refractivity contribution in [3.63, 3.8) is 0 Å². The number of fused-ring (bicyclic) bond motifs is 1. The first-order valence-electron chi connectivity index (χ1n) is 13.2. The molecule has 1 fully saturated rings. The van der Waals surface area contributed by atoms with Crippen LogP contribution in [0.2, 0.25) is 5.02 Å². The normalized spacial score (nSPS) is 17.7. The summed E-state index contributed by atoms with van der Waals surface area (Å²) in [7, 11) is 1.46. The minimum atomic E-state index is -4.58. The maximum Gasteiger partial charge on any atom is 0.435 e. The predicted octanol–water partition coefficient (Wildman–Crippen LogP) is 4.56. The molecule has 1 aromatic carbocycles. The zero-order chi connectivity index (χ0) is 28.3. The van der Waals surface area contributed by atoms with Crippen molar-refractivity contribution in [1.29, 1.82) is 0 Å². The molecule has 8 nitrogen and oxygen atoms in total. The maximum atomic E-state index is 13.7. The highest BCUT2D eigenvalue weighted by Gasteiger charge is 2.38. The van der Waals surface area contributed by atoms with Gasteiger partial charge in [0.1, 0.15) is 13.2 Å². The van der Waals surface area contributed by atoms with Crippen molar-refractivity contribution in [3.05, 3.63) is 46.2 Å². The lowest BCUT2D eigenvalue weighted by atomic mass is 10.1. The monoisotopic (exact) mass is 569 g/mol. The third-order valence-electron chi connectivity index (χ3n) is 7.22. The smallest absolute Gasteiger partial charge is 0.375 e. The van der Waals surface area contributed by atoms with Crippen molar-refractivity contribution in [2.75, 3.05) is 44.8 Å².